The number of hydrogen-bond donors (Lipinski definition) is 1. The maximum atomic E-state index is 11.5. The second-order valence-electron chi connectivity index (χ2n) is 4.87. The maximum absolute atomic E-state index is 11.5. The van der Waals surface area contributed by atoms with Crippen LogP contribution in [0.15, 0.2) is 18.2 Å². The first-order valence-corrected chi connectivity index (χ1v) is 5.83. The molecule has 0 heterocycles. The molecule has 1 amide bonds. The fourth-order valence-corrected chi connectivity index (χ4v) is 1.69. The van der Waals surface area contributed by atoms with Crippen molar-refractivity contribution < 1.29 is 4.79 Å². The summed E-state index contributed by atoms with van der Waals surface area (Å²) in [6, 6.07) is 6.11. The predicted octanol–water partition coefficient (Wildman–Crippen LogP) is 3.71. The molecule has 0 unspecified atom stereocenters. The zero-order valence-corrected chi connectivity index (χ0v) is 10.8. The van der Waals surface area contributed by atoms with Gasteiger partial charge in [-0.25, -0.2) is 0 Å². The SMILES string of the molecule is Cc1cc(NC(=O)C(C)C)ccc1C(C)C. The van der Waals surface area contributed by atoms with Crippen LogP contribution in [0.1, 0.15) is 44.7 Å². The van der Waals surface area contributed by atoms with Gasteiger partial charge < -0.3 is 5.32 Å². The van der Waals surface area contributed by atoms with Crippen molar-refractivity contribution in [3.05, 3.63) is 29.3 Å². The van der Waals surface area contributed by atoms with Crippen molar-refractivity contribution in [2.45, 2.75) is 40.5 Å². The summed E-state index contributed by atoms with van der Waals surface area (Å²) in [5, 5.41) is 2.91. The molecule has 0 spiro atoms. The Kier molecular flexibility index (Phi) is 4.11. The first kappa shape index (κ1) is 12.8. The van der Waals surface area contributed by atoms with E-state index in [0.717, 1.165) is 5.69 Å². The van der Waals surface area contributed by atoms with Crippen molar-refractivity contribution >= 4 is 11.6 Å². The molecule has 2 heteroatoms. The van der Waals surface area contributed by atoms with Crippen LogP contribution in [0.2, 0.25) is 0 Å². The minimum Gasteiger partial charge on any atom is -0.326 e. The Balaban J connectivity index is 2.85. The van der Waals surface area contributed by atoms with Crippen LogP contribution in [0.25, 0.3) is 0 Å². The Bertz CT molecular complexity index is 380. The third-order valence-corrected chi connectivity index (χ3v) is 2.68. The summed E-state index contributed by atoms with van der Waals surface area (Å²) in [5.41, 5.74) is 3.46. The zero-order valence-electron chi connectivity index (χ0n) is 10.8. The highest BCUT2D eigenvalue weighted by Crippen LogP contribution is 2.22. The Morgan fingerprint density at radius 3 is 2.25 bits per heavy atom. The van der Waals surface area contributed by atoms with Crippen LogP contribution in [-0.2, 0) is 4.79 Å². The van der Waals surface area contributed by atoms with Gasteiger partial charge in [0.25, 0.3) is 0 Å². The minimum absolute atomic E-state index is 0.0186. The van der Waals surface area contributed by atoms with Crippen LogP contribution in [0.5, 0.6) is 0 Å². The molecule has 1 rings (SSSR count). The highest BCUT2D eigenvalue weighted by atomic mass is 16.1. The smallest absolute Gasteiger partial charge is 0.226 e. The second kappa shape index (κ2) is 5.15. The topological polar surface area (TPSA) is 29.1 Å². The third-order valence-electron chi connectivity index (χ3n) is 2.68. The normalized spacial score (nSPS) is 10.9. The first-order valence-electron chi connectivity index (χ1n) is 5.83. The number of benzene rings is 1. The molecular weight excluding hydrogens is 198 g/mol. The van der Waals surface area contributed by atoms with Crippen LogP contribution in [0.4, 0.5) is 5.69 Å². The molecule has 0 aromatic heterocycles. The van der Waals surface area contributed by atoms with E-state index in [4.69, 9.17) is 0 Å². The Labute approximate surface area is 98.1 Å². The van der Waals surface area contributed by atoms with Crippen molar-refractivity contribution in [2.75, 3.05) is 5.32 Å². The van der Waals surface area contributed by atoms with Gasteiger partial charge >= 0.3 is 0 Å². The van der Waals surface area contributed by atoms with Crippen LogP contribution < -0.4 is 5.32 Å². The number of anilines is 1. The monoisotopic (exact) mass is 219 g/mol. The third kappa shape index (κ3) is 3.09. The molecule has 2 nitrogen and oxygen atoms in total. The van der Waals surface area contributed by atoms with Gasteiger partial charge in [0.2, 0.25) is 5.91 Å². The van der Waals surface area contributed by atoms with Gasteiger partial charge in [-0.2, -0.15) is 0 Å². The number of aryl methyl sites for hydroxylation is 1. The van der Waals surface area contributed by atoms with Gasteiger partial charge in [0.1, 0.15) is 0 Å². The molecule has 16 heavy (non-hydrogen) atoms. The van der Waals surface area contributed by atoms with E-state index in [1.165, 1.54) is 11.1 Å². The van der Waals surface area contributed by atoms with Gasteiger partial charge in [0, 0.05) is 11.6 Å². The molecule has 0 fully saturated rings. The summed E-state index contributed by atoms with van der Waals surface area (Å²) in [6.45, 7) is 10.2. The zero-order chi connectivity index (χ0) is 12.3. The average molecular weight is 219 g/mol. The minimum atomic E-state index is 0.0186. The summed E-state index contributed by atoms with van der Waals surface area (Å²) >= 11 is 0. The summed E-state index contributed by atoms with van der Waals surface area (Å²) in [7, 11) is 0. The van der Waals surface area contributed by atoms with E-state index in [0.29, 0.717) is 5.92 Å². The molecule has 0 aliphatic heterocycles. The lowest BCUT2D eigenvalue weighted by atomic mass is 9.97. The van der Waals surface area contributed by atoms with Crippen molar-refractivity contribution in [1.82, 2.24) is 0 Å². The van der Waals surface area contributed by atoms with E-state index in [2.05, 4.69) is 32.2 Å². The van der Waals surface area contributed by atoms with E-state index >= 15 is 0 Å². The quantitative estimate of drug-likeness (QED) is 0.825. The molecule has 0 radical (unpaired) electrons. The van der Waals surface area contributed by atoms with Crippen molar-refractivity contribution in [3.63, 3.8) is 0 Å². The lowest BCUT2D eigenvalue weighted by Crippen LogP contribution is -2.17. The van der Waals surface area contributed by atoms with Gasteiger partial charge in [-0.3, -0.25) is 4.79 Å². The van der Waals surface area contributed by atoms with Crippen LogP contribution in [0, 0.1) is 12.8 Å². The molecule has 0 atom stereocenters. The summed E-state index contributed by atoms with van der Waals surface area (Å²) in [4.78, 5) is 11.5. The second-order valence-corrected chi connectivity index (χ2v) is 4.87. The van der Waals surface area contributed by atoms with Gasteiger partial charge in [0.05, 0.1) is 0 Å². The predicted molar refractivity (Wildman–Crippen MR) is 68.7 cm³/mol. The maximum Gasteiger partial charge on any atom is 0.226 e. The molecule has 1 N–H and O–H groups in total. The summed E-state index contributed by atoms with van der Waals surface area (Å²) in [5.74, 6) is 0.608. The Hall–Kier alpha value is -1.31. The number of nitrogens with one attached hydrogen (secondary N) is 1. The van der Waals surface area contributed by atoms with Gasteiger partial charge in [-0.15, -0.1) is 0 Å². The molecule has 0 aliphatic rings. The molecule has 1 aromatic carbocycles. The molecular formula is C14H21NO. The number of rotatable bonds is 3. The molecule has 0 saturated heterocycles. The van der Waals surface area contributed by atoms with Crippen LogP contribution in [0.3, 0.4) is 0 Å². The average Bonchev–Trinajstić information content (AvgIpc) is 2.16. The van der Waals surface area contributed by atoms with Gasteiger partial charge in [0.15, 0.2) is 0 Å². The number of hydrogen-bond acceptors (Lipinski definition) is 1. The largest absolute Gasteiger partial charge is 0.326 e. The van der Waals surface area contributed by atoms with Crippen molar-refractivity contribution in [3.8, 4) is 0 Å². The van der Waals surface area contributed by atoms with Crippen molar-refractivity contribution in [1.29, 1.82) is 0 Å². The standard InChI is InChI=1S/C14H21NO/c1-9(2)13-7-6-12(8-11(13)5)15-14(16)10(3)4/h6-10H,1-5H3,(H,15,16). The number of carbonyl (C=O) groups excluding carboxylic acids is 1. The highest BCUT2D eigenvalue weighted by Gasteiger charge is 2.08. The Morgan fingerprint density at radius 1 is 1.19 bits per heavy atom. The summed E-state index contributed by atoms with van der Waals surface area (Å²) in [6.07, 6.45) is 0. The van der Waals surface area contributed by atoms with Gasteiger partial charge in [-0.05, 0) is 36.1 Å². The van der Waals surface area contributed by atoms with Crippen LogP contribution >= 0.6 is 0 Å². The van der Waals surface area contributed by atoms with Crippen LogP contribution in [-0.4, -0.2) is 5.91 Å². The van der Waals surface area contributed by atoms with E-state index < -0.39 is 0 Å². The lowest BCUT2D eigenvalue weighted by Gasteiger charge is -2.13. The number of amides is 1. The number of carbonyl (C=O) groups is 1. The molecule has 88 valence electrons. The highest BCUT2D eigenvalue weighted by molar-refractivity contribution is 5.92. The fourth-order valence-electron chi connectivity index (χ4n) is 1.69. The fraction of sp³-hybridized carbons (Fsp3) is 0.500. The summed E-state index contributed by atoms with van der Waals surface area (Å²) < 4.78 is 0. The molecule has 1 aromatic rings. The molecule has 0 bridgehead atoms. The van der Waals surface area contributed by atoms with E-state index in [-0.39, 0.29) is 11.8 Å². The van der Waals surface area contributed by atoms with E-state index in [1.807, 2.05) is 26.0 Å². The van der Waals surface area contributed by atoms with E-state index in [1.54, 1.807) is 0 Å². The Morgan fingerprint density at radius 2 is 1.81 bits per heavy atom. The molecule has 0 saturated carbocycles. The van der Waals surface area contributed by atoms with E-state index in [9.17, 15) is 4.79 Å². The van der Waals surface area contributed by atoms with Gasteiger partial charge in [-0.1, -0.05) is 33.8 Å². The lowest BCUT2D eigenvalue weighted by molar-refractivity contribution is -0.118. The first-order chi connectivity index (χ1) is 7.41. The molecule has 0 aliphatic carbocycles. The van der Waals surface area contributed by atoms with Crippen molar-refractivity contribution in [2.24, 2.45) is 5.92 Å².